The first-order valence-corrected chi connectivity index (χ1v) is 12.1. The van der Waals surface area contributed by atoms with Gasteiger partial charge in [0.1, 0.15) is 12.2 Å². The zero-order valence-corrected chi connectivity index (χ0v) is 21.3. The quantitative estimate of drug-likeness (QED) is 0.502. The zero-order chi connectivity index (χ0) is 21.8. The zero-order valence-electron chi connectivity index (χ0n) is 19.7. The predicted octanol–water partition coefficient (Wildman–Crippen LogP) is 4.77. The fourth-order valence-electron chi connectivity index (χ4n) is 4.51. The average molecular weight is 511 g/mol. The van der Waals surface area contributed by atoms with Gasteiger partial charge in [0.2, 0.25) is 11.8 Å². The van der Waals surface area contributed by atoms with Crippen molar-refractivity contribution in [2.75, 3.05) is 13.7 Å². The van der Waals surface area contributed by atoms with Crippen LogP contribution in [0.25, 0.3) is 0 Å². The Labute approximate surface area is 214 Å². The number of nitrogens with zero attached hydrogens (tertiary/aromatic N) is 2. The fourth-order valence-corrected chi connectivity index (χ4v) is 4.51. The smallest absolute Gasteiger partial charge is 0.322 e. The minimum absolute atomic E-state index is 0. The summed E-state index contributed by atoms with van der Waals surface area (Å²) in [6, 6.07) is 11.6. The van der Waals surface area contributed by atoms with Crippen molar-refractivity contribution in [2.45, 2.75) is 82.2 Å². The van der Waals surface area contributed by atoms with Crippen molar-refractivity contribution in [1.82, 2.24) is 20.6 Å². The Bertz CT molecular complexity index is 860. The van der Waals surface area contributed by atoms with E-state index in [1.54, 1.807) is 7.11 Å². The molecule has 0 amide bonds. The number of hydrogen-bond acceptors (Lipinski definition) is 7. The van der Waals surface area contributed by atoms with E-state index in [2.05, 4.69) is 50.9 Å². The standard InChI is InChI=1S/C25H34N4O3.2ClH/c1-30-25-28-23(31-18-10-5-11-18)20(24(29-25)32-19-12-6-13-19)16-27-21-14-7-15-26-22(21)17-8-3-2-4-9-17;;/h2-4,8-9,18-19,21-22,26-27H,5-7,10-16H2,1H3;2*1H/t21-,22-;;/m0../s1. The number of ether oxygens (including phenoxy) is 3. The molecule has 3 fully saturated rings. The van der Waals surface area contributed by atoms with E-state index in [-0.39, 0.29) is 43.1 Å². The molecule has 1 aliphatic heterocycles. The van der Waals surface area contributed by atoms with Crippen molar-refractivity contribution in [3.05, 3.63) is 41.5 Å². The van der Waals surface area contributed by atoms with Crippen molar-refractivity contribution in [1.29, 1.82) is 0 Å². The molecule has 5 rings (SSSR count). The summed E-state index contributed by atoms with van der Waals surface area (Å²) in [6.45, 7) is 1.64. The molecule has 0 unspecified atom stereocenters. The Kier molecular flexibility index (Phi) is 10.1. The molecule has 2 aliphatic carbocycles. The van der Waals surface area contributed by atoms with Crippen molar-refractivity contribution in [2.24, 2.45) is 0 Å². The summed E-state index contributed by atoms with van der Waals surface area (Å²) in [5.41, 5.74) is 2.22. The molecule has 0 radical (unpaired) electrons. The van der Waals surface area contributed by atoms with Crippen molar-refractivity contribution >= 4 is 24.8 Å². The Morgan fingerprint density at radius 1 is 0.882 bits per heavy atom. The van der Waals surface area contributed by atoms with E-state index in [0.717, 1.165) is 50.6 Å². The summed E-state index contributed by atoms with van der Waals surface area (Å²) in [4.78, 5) is 9.15. The van der Waals surface area contributed by atoms with Crippen LogP contribution >= 0.6 is 24.8 Å². The molecule has 1 saturated heterocycles. The lowest BCUT2D eigenvalue weighted by Gasteiger charge is -2.34. The summed E-state index contributed by atoms with van der Waals surface area (Å²) in [5, 5.41) is 7.47. The van der Waals surface area contributed by atoms with Crippen LogP contribution in [-0.2, 0) is 6.54 Å². The maximum atomic E-state index is 6.28. The molecular weight excluding hydrogens is 475 g/mol. The van der Waals surface area contributed by atoms with E-state index in [9.17, 15) is 0 Å². The summed E-state index contributed by atoms with van der Waals surface area (Å²) < 4.78 is 17.9. The highest BCUT2D eigenvalue weighted by Crippen LogP contribution is 2.35. The van der Waals surface area contributed by atoms with E-state index in [4.69, 9.17) is 14.2 Å². The number of rotatable bonds is 9. The van der Waals surface area contributed by atoms with Crippen molar-refractivity contribution in [3.8, 4) is 17.8 Å². The van der Waals surface area contributed by atoms with Crippen LogP contribution in [0.5, 0.6) is 17.8 Å². The summed E-state index contributed by atoms with van der Waals surface area (Å²) in [7, 11) is 1.59. The normalized spacial score (nSPS) is 22.4. The van der Waals surface area contributed by atoms with Gasteiger partial charge >= 0.3 is 6.01 Å². The van der Waals surface area contributed by atoms with Crippen LogP contribution in [0.2, 0.25) is 0 Å². The first kappa shape index (κ1) is 26.8. The van der Waals surface area contributed by atoms with Gasteiger partial charge in [-0.3, -0.25) is 0 Å². The molecule has 3 aliphatic rings. The summed E-state index contributed by atoms with van der Waals surface area (Å²) >= 11 is 0. The summed E-state index contributed by atoms with van der Waals surface area (Å²) in [6.07, 6.45) is 9.40. The molecule has 2 saturated carbocycles. The maximum Gasteiger partial charge on any atom is 0.322 e. The van der Waals surface area contributed by atoms with E-state index >= 15 is 0 Å². The average Bonchev–Trinajstić information content (AvgIpc) is 2.78. The first-order valence-electron chi connectivity index (χ1n) is 12.1. The van der Waals surface area contributed by atoms with Crippen LogP contribution in [-0.4, -0.2) is 41.9 Å². The Morgan fingerprint density at radius 2 is 1.50 bits per heavy atom. The molecule has 0 bridgehead atoms. The summed E-state index contributed by atoms with van der Waals surface area (Å²) in [5.74, 6) is 1.20. The van der Waals surface area contributed by atoms with Gasteiger partial charge < -0.3 is 24.8 Å². The third kappa shape index (κ3) is 6.25. The fraction of sp³-hybridized carbons (Fsp3) is 0.600. The Hall–Kier alpha value is -1.80. The van der Waals surface area contributed by atoms with Crippen LogP contribution in [0, 0.1) is 0 Å². The van der Waals surface area contributed by atoms with Gasteiger partial charge in [-0.05, 0) is 63.5 Å². The van der Waals surface area contributed by atoms with Gasteiger partial charge in [-0.1, -0.05) is 30.3 Å². The van der Waals surface area contributed by atoms with E-state index in [1.165, 1.54) is 18.4 Å². The van der Waals surface area contributed by atoms with E-state index in [1.807, 2.05) is 0 Å². The minimum Gasteiger partial charge on any atom is -0.474 e. The number of halogens is 2. The van der Waals surface area contributed by atoms with Gasteiger partial charge in [0.05, 0.1) is 12.7 Å². The molecule has 2 heterocycles. The Morgan fingerprint density at radius 3 is 2.03 bits per heavy atom. The van der Waals surface area contributed by atoms with Gasteiger partial charge in [0.15, 0.2) is 0 Å². The lowest BCUT2D eigenvalue weighted by molar-refractivity contribution is 0.0987. The Balaban J connectivity index is 0.00000162. The van der Waals surface area contributed by atoms with Crippen LogP contribution in [0.15, 0.2) is 30.3 Å². The lowest BCUT2D eigenvalue weighted by atomic mass is 9.92. The van der Waals surface area contributed by atoms with Crippen molar-refractivity contribution < 1.29 is 14.2 Å². The highest BCUT2D eigenvalue weighted by molar-refractivity contribution is 5.85. The molecule has 1 aromatic heterocycles. The molecule has 0 spiro atoms. The molecule has 2 aromatic rings. The van der Waals surface area contributed by atoms with Crippen LogP contribution in [0.3, 0.4) is 0 Å². The third-order valence-electron chi connectivity index (χ3n) is 6.91. The molecule has 34 heavy (non-hydrogen) atoms. The topological polar surface area (TPSA) is 77.5 Å². The SMILES string of the molecule is COc1nc(OC2CCC2)c(CN[C@H]2CCCN[C@H]2c2ccccc2)c(OC2CCC2)n1.Cl.Cl. The number of aromatic nitrogens is 2. The highest BCUT2D eigenvalue weighted by Gasteiger charge is 2.30. The van der Waals surface area contributed by atoms with E-state index < -0.39 is 0 Å². The molecule has 2 N–H and O–H groups in total. The number of piperidine rings is 1. The second-order valence-corrected chi connectivity index (χ2v) is 9.11. The first-order chi connectivity index (χ1) is 15.8. The predicted molar refractivity (Wildman–Crippen MR) is 137 cm³/mol. The molecule has 2 atom stereocenters. The number of nitrogens with one attached hydrogen (secondary N) is 2. The molecular formula is C25H36Cl2N4O3. The van der Waals surface area contributed by atoms with Gasteiger partial charge in [0, 0.05) is 18.6 Å². The maximum absolute atomic E-state index is 6.28. The number of benzene rings is 1. The van der Waals surface area contributed by atoms with Gasteiger partial charge in [-0.25, -0.2) is 0 Å². The number of hydrogen-bond donors (Lipinski definition) is 2. The second-order valence-electron chi connectivity index (χ2n) is 9.11. The largest absolute Gasteiger partial charge is 0.474 e. The van der Waals surface area contributed by atoms with Crippen LogP contribution < -0.4 is 24.8 Å². The minimum atomic E-state index is 0. The molecule has 188 valence electrons. The van der Waals surface area contributed by atoms with Gasteiger partial charge in [-0.2, -0.15) is 9.97 Å². The molecule has 1 aromatic carbocycles. The number of methoxy groups -OCH3 is 1. The lowest BCUT2D eigenvalue weighted by Crippen LogP contribution is -2.45. The molecule has 9 heteroatoms. The second kappa shape index (κ2) is 12.8. The van der Waals surface area contributed by atoms with Gasteiger partial charge in [0.25, 0.3) is 0 Å². The highest BCUT2D eigenvalue weighted by atomic mass is 35.5. The van der Waals surface area contributed by atoms with Crippen molar-refractivity contribution in [3.63, 3.8) is 0 Å². The van der Waals surface area contributed by atoms with Gasteiger partial charge in [-0.15, -0.1) is 24.8 Å². The van der Waals surface area contributed by atoms with Crippen LogP contribution in [0.1, 0.15) is 68.5 Å². The molecule has 7 nitrogen and oxygen atoms in total. The van der Waals surface area contributed by atoms with E-state index in [0.29, 0.717) is 30.4 Å². The third-order valence-corrected chi connectivity index (χ3v) is 6.91. The van der Waals surface area contributed by atoms with Crippen LogP contribution in [0.4, 0.5) is 0 Å². The monoisotopic (exact) mass is 510 g/mol.